The van der Waals surface area contributed by atoms with Gasteiger partial charge in [0, 0.05) is 25.7 Å². The fourth-order valence-electron chi connectivity index (χ4n) is 2.87. The van der Waals surface area contributed by atoms with E-state index < -0.39 is 0 Å². The second-order valence-corrected chi connectivity index (χ2v) is 6.31. The predicted molar refractivity (Wildman–Crippen MR) is 92.7 cm³/mol. The number of likely N-dealkylation sites (N-methyl/N-ethyl adjacent to an activating group) is 1. The summed E-state index contributed by atoms with van der Waals surface area (Å²) < 4.78 is 5.43. The minimum atomic E-state index is 0.0106. The zero-order valence-electron chi connectivity index (χ0n) is 14.3. The lowest BCUT2D eigenvalue weighted by atomic mass is 9.92. The number of nitrogens with one attached hydrogen (secondary N) is 1. The molecule has 1 fully saturated rings. The Morgan fingerprint density at radius 1 is 1.26 bits per heavy atom. The van der Waals surface area contributed by atoms with E-state index in [0.29, 0.717) is 19.2 Å². The van der Waals surface area contributed by atoms with Crippen LogP contribution in [0.3, 0.4) is 0 Å². The third kappa shape index (κ3) is 5.75. The molecule has 0 saturated heterocycles. The lowest BCUT2D eigenvalue weighted by molar-refractivity contribution is 0.200. The van der Waals surface area contributed by atoms with Crippen molar-refractivity contribution in [3.8, 4) is 5.75 Å². The summed E-state index contributed by atoms with van der Waals surface area (Å²) in [6.45, 7) is 3.35. The molecule has 5 heteroatoms. The highest BCUT2D eigenvalue weighted by Crippen LogP contribution is 2.17. The molecule has 2 amide bonds. The molecule has 1 aliphatic rings. The molecule has 0 unspecified atom stereocenters. The van der Waals surface area contributed by atoms with Crippen LogP contribution in [0, 0.1) is 0 Å². The highest BCUT2D eigenvalue weighted by molar-refractivity contribution is 5.74. The monoisotopic (exact) mass is 319 g/mol. The van der Waals surface area contributed by atoms with Gasteiger partial charge in [-0.15, -0.1) is 0 Å². The molecular formula is C18H29N3O2. The Bertz CT molecular complexity index is 482. The molecule has 0 atom stereocenters. The predicted octanol–water partition coefficient (Wildman–Crippen LogP) is 2.54. The normalized spacial score (nSPS) is 20.8. The fourth-order valence-corrected chi connectivity index (χ4v) is 2.87. The summed E-state index contributed by atoms with van der Waals surface area (Å²) in [5, 5.41) is 3.11. The number of hydrogen-bond donors (Lipinski definition) is 2. The molecule has 128 valence electrons. The van der Waals surface area contributed by atoms with Gasteiger partial charge in [-0.05, 0) is 56.7 Å². The minimum Gasteiger partial charge on any atom is -0.494 e. The minimum absolute atomic E-state index is 0.0106. The van der Waals surface area contributed by atoms with Crippen molar-refractivity contribution in [1.82, 2.24) is 10.2 Å². The first kappa shape index (κ1) is 17.6. The van der Waals surface area contributed by atoms with Crippen LogP contribution in [-0.4, -0.2) is 43.2 Å². The Kier molecular flexibility index (Phi) is 6.71. The molecular weight excluding hydrogens is 290 g/mol. The van der Waals surface area contributed by atoms with Crippen LogP contribution >= 0.6 is 0 Å². The first-order valence-corrected chi connectivity index (χ1v) is 8.57. The van der Waals surface area contributed by atoms with Crippen molar-refractivity contribution in [2.75, 3.05) is 20.2 Å². The molecule has 23 heavy (non-hydrogen) atoms. The first-order valence-electron chi connectivity index (χ1n) is 8.57. The zero-order chi connectivity index (χ0) is 16.7. The fraction of sp³-hybridized carbons (Fsp3) is 0.611. The Labute approximate surface area is 139 Å². The van der Waals surface area contributed by atoms with E-state index in [1.54, 1.807) is 4.90 Å². The number of amides is 2. The molecule has 3 N–H and O–H groups in total. The summed E-state index contributed by atoms with van der Waals surface area (Å²) in [5.41, 5.74) is 7.10. The highest BCUT2D eigenvalue weighted by atomic mass is 16.5. The summed E-state index contributed by atoms with van der Waals surface area (Å²) in [4.78, 5) is 14.0. The van der Waals surface area contributed by atoms with Crippen molar-refractivity contribution in [2.45, 2.75) is 51.1 Å². The van der Waals surface area contributed by atoms with Gasteiger partial charge in [0.05, 0.1) is 6.61 Å². The molecule has 5 nitrogen and oxygen atoms in total. The number of nitrogens with two attached hydrogens (primary N) is 1. The summed E-state index contributed by atoms with van der Waals surface area (Å²) in [6, 6.07) is 8.65. The van der Waals surface area contributed by atoms with Gasteiger partial charge in [0.1, 0.15) is 5.75 Å². The van der Waals surface area contributed by atoms with E-state index in [-0.39, 0.29) is 12.1 Å². The van der Waals surface area contributed by atoms with Crippen LogP contribution < -0.4 is 15.8 Å². The third-order valence-corrected chi connectivity index (χ3v) is 4.42. The maximum absolute atomic E-state index is 12.2. The van der Waals surface area contributed by atoms with Crippen molar-refractivity contribution in [1.29, 1.82) is 0 Å². The number of ether oxygens (including phenoxy) is 1. The van der Waals surface area contributed by atoms with Gasteiger partial charge in [-0.1, -0.05) is 12.1 Å². The summed E-state index contributed by atoms with van der Waals surface area (Å²) >= 11 is 0. The van der Waals surface area contributed by atoms with Gasteiger partial charge in [0.2, 0.25) is 0 Å². The lowest BCUT2D eigenvalue weighted by Gasteiger charge is -2.28. The average Bonchev–Trinajstić information content (AvgIpc) is 2.56. The number of benzene rings is 1. The van der Waals surface area contributed by atoms with E-state index in [9.17, 15) is 4.79 Å². The van der Waals surface area contributed by atoms with Crippen molar-refractivity contribution in [3.63, 3.8) is 0 Å². The summed E-state index contributed by atoms with van der Waals surface area (Å²) in [6.07, 6.45) is 4.81. The van der Waals surface area contributed by atoms with E-state index in [1.807, 2.05) is 26.1 Å². The van der Waals surface area contributed by atoms with Crippen molar-refractivity contribution < 1.29 is 9.53 Å². The molecule has 0 spiro atoms. The molecule has 0 radical (unpaired) electrons. The molecule has 1 aliphatic carbocycles. The molecule has 0 aliphatic heterocycles. The van der Waals surface area contributed by atoms with Crippen LogP contribution in [0.2, 0.25) is 0 Å². The van der Waals surface area contributed by atoms with Gasteiger partial charge in [0.15, 0.2) is 0 Å². The first-order chi connectivity index (χ1) is 11.1. The topological polar surface area (TPSA) is 67.6 Å². The van der Waals surface area contributed by atoms with Gasteiger partial charge in [-0.2, -0.15) is 0 Å². The quantitative estimate of drug-likeness (QED) is 0.847. The lowest BCUT2D eigenvalue weighted by Crippen LogP contribution is -2.46. The van der Waals surface area contributed by atoms with Gasteiger partial charge in [0.25, 0.3) is 0 Å². The van der Waals surface area contributed by atoms with Crippen LogP contribution in [0.15, 0.2) is 24.3 Å². The number of hydrogen-bond acceptors (Lipinski definition) is 3. The summed E-state index contributed by atoms with van der Waals surface area (Å²) in [7, 11) is 1.85. The average molecular weight is 319 g/mol. The highest BCUT2D eigenvalue weighted by Gasteiger charge is 2.21. The second kappa shape index (κ2) is 8.77. The van der Waals surface area contributed by atoms with Gasteiger partial charge in [-0.3, -0.25) is 0 Å². The molecule has 1 saturated carbocycles. The zero-order valence-corrected chi connectivity index (χ0v) is 14.3. The Morgan fingerprint density at radius 3 is 2.52 bits per heavy atom. The van der Waals surface area contributed by atoms with Crippen molar-refractivity contribution in [2.24, 2.45) is 5.73 Å². The van der Waals surface area contributed by atoms with E-state index in [4.69, 9.17) is 10.5 Å². The van der Waals surface area contributed by atoms with Gasteiger partial charge in [-0.25, -0.2) is 4.79 Å². The number of carbonyl (C=O) groups excluding carboxylic acids is 1. The second-order valence-electron chi connectivity index (χ2n) is 6.31. The number of rotatable bonds is 6. The van der Waals surface area contributed by atoms with Crippen LogP contribution in [0.4, 0.5) is 4.79 Å². The molecule has 1 aromatic rings. The molecule has 0 heterocycles. The molecule has 2 rings (SSSR count). The van der Waals surface area contributed by atoms with Crippen LogP contribution in [0.5, 0.6) is 5.75 Å². The van der Waals surface area contributed by atoms with Crippen LogP contribution in [0.25, 0.3) is 0 Å². The van der Waals surface area contributed by atoms with Crippen molar-refractivity contribution >= 4 is 6.03 Å². The smallest absolute Gasteiger partial charge is 0.317 e. The molecule has 1 aromatic carbocycles. The van der Waals surface area contributed by atoms with Crippen LogP contribution in [-0.2, 0) is 6.42 Å². The Hall–Kier alpha value is -1.75. The molecule has 0 aromatic heterocycles. The van der Waals surface area contributed by atoms with Gasteiger partial charge >= 0.3 is 6.03 Å². The largest absolute Gasteiger partial charge is 0.494 e. The van der Waals surface area contributed by atoms with E-state index >= 15 is 0 Å². The molecule has 0 bridgehead atoms. The van der Waals surface area contributed by atoms with E-state index in [2.05, 4.69) is 17.4 Å². The number of nitrogens with zero attached hydrogens (tertiary/aromatic N) is 1. The maximum atomic E-state index is 12.2. The van der Waals surface area contributed by atoms with E-state index in [1.165, 1.54) is 5.56 Å². The SMILES string of the molecule is CCOc1ccc(CCN(C)C(=O)NC2CCC(N)CC2)cc1. The summed E-state index contributed by atoms with van der Waals surface area (Å²) in [5.74, 6) is 0.887. The van der Waals surface area contributed by atoms with E-state index in [0.717, 1.165) is 37.9 Å². The Morgan fingerprint density at radius 2 is 1.91 bits per heavy atom. The van der Waals surface area contributed by atoms with Crippen LogP contribution in [0.1, 0.15) is 38.2 Å². The standard InChI is InChI=1S/C18H29N3O2/c1-3-23-17-10-4-14(5-11-17)12-13-21(2)18(22)20-16-8-6-15(19)7-9-16/h4-5,10-11,15-16H,3,6-9,12-13,19H2,1-2H3,(H,20,22). The maximum Gasteiger partial charge on any atom is 0.317 e. The third-order valence-electron chi connectivity index (χ3n) is 4.42. The Balaban J connectivity index is 1.73. The van der Waals surface area contributed by atoms with Crippen molar-refractivity contribution in [3.05, 3.63) is 29.8 Å². The number of urea groups is 1. The number of carbonyl (C=O) groups is 1. The van der Waals surface area contributed by atoms with Gasteiger partial charge < -0.3 is 20.7 Å².